The van der Waals surface area contributed by atoms with Gasteiger partial charge in [0.15, 0.2) is 0 Å². The second-order valence-corrected chi connectivity index (χ2v) is 6.18. The van der Waals surface area contributed by atoms with Crippen LogP contribution in [0.15, 0.2) is 24.3 Å². The van der Waals surface area contributed by atoms with Crippen molar-refractivity contribution in [1.29, 1.82) is 0 Å². The Balaban J connectivity index is 2.31. The Morgan fingerprint density at radius 3 is 2.57 bits per heavy atom. The minimum atomic E-state index is 0.498. The Bertz CT molecular complexity index is 557. The highest BCUT2D eigenvalue weighted by atomic mass is 15.1. The molecule has 0 amide bonds. The fraction of sp³-hybridized carbons (Fsp3) is 0.611. The molecule has 1 N–H and O–H groups in total. The van der Waals surface area contributed by atoms with Gasteiger partial charge in [0.25, 0.3) is 0 Å². The van der Waals surface area contributed by atoms with Crippen molar-refractivity contribution in [3.8, 4) is 0 Å². The van der Waals surface area contributed by atoms with Crippen LogP contribution in [0.3, 0.4) is 0 Å². The number of aromatic nitrogens is 2. The molecule has 2 rings (SSSR count). The van der Waals surface area contributed by atoms with E-state index in [0.717, 1.165) is 31.4 Å². The number of nitrogens with one attached hydrogen (secondary N) is 1. The summed E-state index contributed by atoms with van der Waals surface area (Å²) in [6, 6.07) is 9.00. The number of nitrogens with zero attached hydrogens (tertiary/aromatic N) is 2. The SMILES string of the molecule is CCCNC(Cn1c(CCC)nc2ccccc21)C(C)C. The van der Waals surface area contributed by atoms with Gasteiger partial charge in [-0.25, -0.2) is 4.98 Å². The highest BCUT2D eigenvalue weighted by Crippen LogP contribution is 2.19. The van der Waals surface area contributed by atoms with Crippen LogP contribution in [0.4, 0.5) is 0 Å². The lowest BCUT2D eigenvalue weighted by molar-refractivity contribution is 0.355. The fourth-order valence-corrected chi connectivity index (χ4v) is 2.78. The van der Waals surface area contributed by atoms with Gasteiger partial charge in [-0.3, -0.25) is 0 Å². The van der Waals surface area contributed by atoms with Crippen molar-refractivity contribution in [2.24, 2.45) is 5.92 Å². The number of fused-ring (bicyclic) bond motifs is 1. The van der Waals surface area contributed by atoms with E-state index >= 15 is 0 Å². The molecule has 3 nitrogen and oxygen atoms in total. The van der Waals surface area contributed by atoms with Crippen molar-refractivity contribution in [2.75, 3.05) is 6.54 Å². The number of benzene rings is 1. The second kappa shape index (κ2) is 7.60. The number of hydrogen-bond donors (Lipinski definition) is 1. The van der Waals surface area contributed by atoms with Gasteiger partial charge in [0.1, 0.15) is 5.82 Å². The van der Waals surface area contributed by atoms with Crippen LogP contribution in [0.5, 0.6) is 0 Å². The molecule has 1 aromatic heterocycles. The molecule has 0 aliphatic rings. The van der Waals surface area contributed by atoms with Gasteiger partial charge >= 0.3 is 0 Å². The van der Waals surface area contributed by atoms with Crippen LogP contribution < -0.4 is 5.32 Å². The third kappa shape index (κ3) is 3.85. The number of rotatable bonds is 8. The van der Waals surface area contributed by atoms with Crippen molar-refractivity contribution < 1.29 is 0 Å². The van der Waals surface area contributed by atoms with Crippen molar-refractivity contribution in [1.82, 2.24) is 14.9 Å². The molecule has 0 aliphatic heterocycles. The van der Waals surface area contributed by atoms with E-state index in [1.807, 2.05) is 0 Å². The molecule has 0 saturated carbocycles. The predicted molar refractivity (Wildman–Crippen MR) is 90.6 cm³/mol. The molecule has 0 fully saturated rings. The monoisotopic (exact) mass is 287 g/mol. The Kier molecular flexibility index (Phi) is 5.80. The number of hydrogen-bond acceptors (Lipinski definition) is 2. The van der Waals surface area contributed by atoms with E-state index in [9.17, 15) is 0 Å². The van der Waals surface area contributed by atoms with E-state index in [-0.39, 0.29) is 0 Å². The van der Waals surface area contributed by atoms with Crippen LogP contribution in [0, 0.1) is 5.92 Å². The van der Waals surface area contributed by atoms with Crippen LogP contribution >= 0.6 is 0 Å². The van der Waals surface area contributed by atoms with Gasteiger partial charge in [-0.1, -0.05) is 39.8 Å². The summed E-state index contributed by atoms with van der Waals surface area (Å²) >= 11 is 0. The Hall–Kier alpha value is -1.35. The molecule has 1 unspecified atom stereocenters. The summed E-state index contributed by atoms with van der Waals surface area (Å²) in [6.45, 7) is 11.1. The first kappa shape index (κ1) is 16.0. The summed E-state index contributed by atoms with van der Waals surface area (Å²) in [5, 5.41) is 3.69. The summed E-state index contributed by atoms with van der Waals surface area (Å²) in [5.74, 6) is 1.84. The second-order valence-electron chi connectivity index (χ2n) is 6.18. The molecule has 116 valence electrons. The largest absolute Gasteiger partial charge is 0.326 e. The lowest BCUT2D eigenvalue weighted by Crippen LogP contribution is -2.38. The average molecular weight is 287 g/mol. The highest BCUT2D eigenvalue weighted by molar-refractivity contribution is 5.75. The maximum absolute atomic E-state index is 4.83. The van der Waals surface area contributed by atoms with Crippen LogP contribution in [0.1, 0.15) is 46.4 Å². The third-order valence-electron chi connectivity index (χ3n) is 4.05. The number of imidazole rings is 1. The summed E-state index contributed by atoms with van der Waals surface area (Å²) in [7, 11) is 0. The predicted octanol–water partition coefficient (Wildman–Crippen LogP) is 4.01. The molecular formula is C18H29N3. The summed E-state index contributed by atoms with van der Waals surface area (Å²) in [5.41, 5.74) is 2.39. The van der Waals surface area contributed by atoms with Gasteiger partial charge in [-0.05, 0) is 37.4 Å². The maximum atomic E-state index is 4.83. The summed E-state index contributed by atoms with van der Waals surface area (Å²) in [6.07, 6.45) is 3.36. The van der Waals surface area contributed by atoms with E-state index in [4.69, 9.17) is 4.98 Å². The summed E-state index contributed by atoms with van der Waals surface area (Å²) < 4.78 is 2.42. The van der Waals surface area contributed by atoms with E-state index < -0.39 is 0 Å². The first-order valence-corrected chi connectivity index (χ1v) is 8.34. The minimum Gasteiger partial charge on any atom is -0.326 e. The molecule has 3 heteroatoms. The topological polar surface area (TPSA) is 29.9 Å². The van der Waals surface area contributed by atoms with Crippen molar-refractivity contribution in [2.45, 2.75) is 59.5 Å². The zero-order chi connectivity index (χ0) is 15.2. The van der Waals surface area contributed by atoms with Crippen LogP contribution in [-0.4, -0.2) is 22.1 Å². The first-order chi connectivity index (χ1) is 10.2. The number of para-hydroxylation sites is 2. The van der Waals surface area contributed by atoms with Crippen LogP contribution in [0.25, 0.3) is 11.0 Å². The van der Waals surface area contributed by atoms with Crippen LogP contribution in [0.2, 0.25) is 0 Å². The lowest BCUT2D eigenvalue weighted by Gasteiger charge is -2.24. The van der Waals surface area contributed by atoms with Gasteiger partial charge in [-0.15, -0.1) is 0 Å². The smallest absolute Gasteiger partial charge is 0.109 e. The Morgan fingerprint density at radius 2 is 1.90 bits per heavy atom. The quantitative estimate of drug-likeness (QED) is 0.795. The third-order valence-corrected chi connectivity index (χ3v) is 4.05. The molecule has 0 radical (unpaired) electrons. The van der Waals surface area contributed by atoms with E-state index in [1.54, 1.807) is 0 Å². The highest BCUT2D eigenvalue weighted by Gasteiger charge is 2.17. The molecule has 0 aliphatic carbocycles. The van der Waals surface area contributed by atoms with Gasteiger partial charge < -0.3 is 9.88 Å². The van der Waals surface area contributed by atoms with E-state index in [0.29, 0.717) is 12.0 Å². The molecule has 1 atom stereocenters. The molecule has 21 heavy (non-hydrogen) atoms. The molecule has 1 aromatic carbocycles. The zero-order valence-electron chi connectivity index (χ0n) is 13.9. The molecule has 2 aromatic rings. The normalized spacial score (nSPS) is 13.2. The van der Waals surface area contributed by atoms with Gasteiger partial charge in [0.05, 0.1) is 11.0 Å². The van der Waals surface area contributed by atoms with Crippen molar-refractivity contribution >= 4 is 11.0 Å². The maximum Gasteiger partial charge on any atom is 0.109 e. The lowest BCUT2D eigenvalue weighted by atomic mass is 10.0. The van der Waals surface area contributed by atoms with Gasteiger partial charge in [-0.2, -0.15) is 0 Å². The zero-order valence-corrected chi connectivity index (χ0v) is 13.9. The number of aryl methyl sites for hydroxylation is 1. The van der Waals surface area contributed by atoms with Gasteiger partial charge in [0, 0.05) is 19.0 Å². The van der Waals surface area contributed by atoms with E-state index in [1.165, 1.54) is 17.8 Å². The van der Waals surface area contributed by atoms with Gasteiger partial charge in [0.2, 0.25) is 0 Å². The molecule has 0 bridgehead atoms. The minimum absolute atomic E-state index is 0.498. The summed E-state index contributed by atoms with van der Waals surface area (Å²) in [4.78, 5) is 4.83. The average Bonchev–Trinajstić information content (AvgIpc) is 2.81. The van der Waals surface area contributed by atoms with Crippen molar-refractivity contribution in [3.05, 3.63) is 30.1 Å². The fourth-order valence-electron chi connectivity index (χ4n) is 2.78. The molecule has 0 saturated heterocycles. The molecular weight excluding hydrogens is 258 g/mol. The van der Waals surface area contributed by atoms with Crippen LogP contribution in [-0.2, 0) is 13.0 Å². The van der Waals surface area contributed by atoms with E-state index in [2.05, 4.69) is 61.8 Å². The Labute approximate surface area is 128 Å². The standard InChI is InChI=1S/C18H29N3/c1-5-9-18-20-15-10-7-8-11-17(15)21(18)13-16(14(3)4)19-12-6-2/h7-8,10-11,14,16,19H,5-6,9,12-13H2,1-4H3. The first-order valence-electron chi connectivity index (χ1n) is 8.34. The molecule has 0 spiro atoms. The van der Waals surface area contributed by atoms with Crippen molar-refractivity contribution in [3.63, 3.8) is 0 Å². The Morgan fingerprint density at radius 1 is 1.14 bits per heavy atom. The molecule has 1 heterocycles.